The van der Waals surface area contributed by atoms with Crippen LogP contribution in [0.5, 0.6) is 0 Å². The molecule has 4 heteroatoms. The Labute approximate surface area is 127 Å². The van der Waals surface area contributed by atoms with Gasteiger partial charge in [0.15, 0.2) is 0 Å². The molecule has 0 spiro atoms. The van der Waals surface area contributed by atoms with Crippen LogP contribution in [0.15, 0.2) is 0 Å². The van der Waals surface area contributed by atoms with Crippen LogP contribution in [-0.2, 0) is 9.59 Å². The summed E-state index contributed by atoms with van der Waals surface area (Å²) in [5.41, 5.74) is 0. The number of amides is 1. The van der Waals surface area contributed by atoms with E-state index in [0.717, 1.165) is 18.8 Å². The lowest BCUT2D eigenvalue weighted by molar-refractivity contribution is -0.142. The second-order valence-electron chi connectivity index (χ2n) is 7.03. The van der Waals surface area contributed by atoms with E-state index in [9.17, 15) is 14.7 Å². The third-order valence-corrected chi connectivity index (χ3v) is 5.40. The lowest BCUT2D eigenvalue weighted by Gasteiger charge is -2.30. The molecule has 1 saturated carbocycles. The number of carboxylic acids is 1. The lowest BCUT2D eigenvalue weighted by atomic mass is 9.79. The highest BCUT2D eigenvalue weighted by Crippen LogP contribution is 2.34. The summed E-state index contributed by atoms with van der Waals surface area (Å²) in [5.74, 6) is 0.0868. The van der Waals surface area contributed by atoms with Crippen molar-refractivity contribution in [3.05, 3.63) is 0 Å². The van der Waals surface area contributed by atoms with Gasteiger partial charge in [-0.2, -0.15) is 0 Å². The molecule has 0 bridgehead atoms. The Kier molecular flexibility index (Phi) is 5.65. The summed E-state index contributed by atoms with van der Waals surface area (Å²) in [6.07, 6.45) is 8.18. The predicted octanol–water partition coefficient (Wildman–Crippen LogP) is 3.16. The molecule has 2 rings (SSSR count). The first-order valence-electron chi connectivity index (χ1n) is 8.54. The maximum atomic E-state index is 12.6. The number of hydrogen-bond donors (Lipinski definition) is 1. The molecule has 1 amide bonds. The summed E-state index contributed by atoms with van der Waals surface area (Å²) in [6.45, 7) is 5.19. The Hall–Kier alpha value is -1.06. The van der Waals surface area contributed by atoms with Crippen molar-refractivity contribution in [2.24, 2.45) is 23.7 Å². The van der Waals surface area contributed by atoms with Crippen LogP contribution in [0, 0.1) is 23.7 Å². The van der Waals surface area contributed by atoms with Gasteiger partial charge in [-0.05, 0) is 37.5 Å². The van der Waals surface area contributed by atoms with Crippen molar-refractivity contribution in [1.82, 2.24) is 4.90 Å². The van der Waals surface area contributed by atoms with Gasteiger partial charge in [0.1, 0.15) is 0 Å². The van der Waals surface area contributed by atoms with Gasteiger partial charge in [-0.25, -0.2) is 0 Å². The number of likely N-dealkylation sites (tertiary alicyclic amines) is 1. The van der Waals surface area contributed by atoms with E-state index < -0.39 is 5.97 Å². The van der Waals surface area contributed by atoms with Crippen LogP contribution in [0.4, 0.5) is 0 Å². The first-order chi connectivity index (χ1) is 10.0. The number of nitrogens with zero attached hydrogens (tertiary/aromatic N) is 1. The molecule has 21 heavy (non-hydrogen) atoms. The zero-order valence-electron chi connectivity index (χ0n) is 13.4. The van der Waals surface area contributed by atoms with Crippen molar-refractivity contribution in [2.45, 2.75) is 58.8 Å². The van der Waals surface area contributed by atoms with Crippen molar-refractivity contribution in [2.75, 3.05) is 13.1 Å². The fourth-order valence-corrected chi connectivity index (χ4v) is 3.92. The summed E-state index contributed by atoms with van der Waals surface area (Å²) < 4.78 is 0. The average Bonchev–Trinajstić information content (AvgIpc) is 2.87. The second kappa shape index (κ2) is 7.28. The highest BCUT2D eigenvalue weighted by molar-refractivity contribution is 5.81. The number of rotatable bonds is 5. The molecular formula is C17H29NO3. The quantitative estimate of drug-likeness (QED) is 0.847. The lowest BCUT2D eigenvalue weighted by Crippen LogP contribution is -2.36. The van der Waals surface area contributed by atoms with Crippen molar-refractivity contribution < 1.29 is 14.7 Å². The maximum absolute atomic E-state index is 12.6. The molecule has 2 fully saturated rings. The highest BCUT2D eigenvalue weighted by Gasteiger charge is 2.39. The Bertz CT molecular complexity index is 374. The number of carbonyl (C=O) groups is 2. The van der Waals surface area contributed by atoms with Gasteiger partial charge in [-0.15, -0.1) is 0 Å². The normalized spacial score (nSPS) is 33.1. The molecule has 2 unspecified atom stereocenters. The molecule has 0 aromatic carbocycles. The van der Waals surface area contributed by atoms with E-state index in [0.29, 0.717) is 13.1 Å². The Morgan fingerprint density at radius 3 is 2.33 bits per heavy atom. The largest absolute Gasteiger partial charge is 0.481 e. The minimum Gasteiger partial charge on any atom is -0.481 e. The van der Waals surface area contributed by atoms with E-state index in [2.05, 4.69) is 6.92 Å². The van der Waals surface area contributed by atoms with Crippen LogP contribution in [0.1, 0.15) is 58.8 Å². The summed E-state index contributed by atoms with van der Waals surface area (Å²) in [4.78, 5) is 25.5. The Morgan fingerprint density at radius 2 is 1.81 bits per heavy atom. The van der Waals surface area contributed by atoms with Crippen LogP contribution in [-0.4, -0.2) is 35.0 Å². The van der Waals surface area contributed by atoms with Gasteiger partial charge in [-0.3, -0.25) is 9.59 Å². The molecule has 1 heterocycles. The minimum absolute atomic E-state index is 0.0762. The molecule has 4 nitrogen and oxygen atoms in total. The van der Waals surface area contributed by atoms with E-state index in [1.807, 2.05) is 6.92 Å². The minimum atomic E-state index is -0.763. The van der Waals surface area contributed by atoms with Crippen LogP contribution in [0.3, 0.4) is 0 Å². The van der Waals surface area contributed by atoms with Crippen LogP contribution < -0.4 is 0 Å². The molecule has 120 valence electrons. The number of aliphatic carboxylic acids is 1. The molecular weight excluding hydrogens is 266 g/mol. The van der Waals surface area contributed by atoms with Crippen molar-refractivity contribution in [1.29, 1.82) is 0 Å². The number of hydrogen-bond acceptors (Lipinski definition) is 2. The summed E-state index contributed by atoms with van der Waals surface area (Å²) >= 11 is 0. The summed E-state index contributed by atoms with van der Waals surface area (Å²) in [6, 6.07) is 0. The van der Waals surface area contributed by atoms with Gasteiger partial charge in [0, 0.05) is 19.0 Å². The van der Waals surface area contributed by atoms with E-state index in [1.54, 1.807) is 4.90 Å². The van der Waals surface area contributed by atoms with Gasteiger partial charge < -0.3 is 10.0 Å². The van der Waals surface area contributed by atoms with E-state index >= 15 is 0 Å². The smallest absolute Gasteiger partial charge is 0.308 e. The van der Waals surface area contributed by atoms with Gasteiger partial charge in [0.25, 0.3) is 0 Å². The fourth-order valence-electron chi connectivity index (χ4n) is 3.92. The van der Waals surface area contributed by atoms with Gasteiger partial charge in [0.2, 0.25) is 5.91 Å². The van der Waals surface area contributed by atoms with E-state index in [-0.39, 0.29) is 23.7 Å². The molecule has 0 aromatic heterocycles. The number of carbonyl (C=O) groups excluding carboxylic acids is 1. The van der Waals surface area contributed by atoms with E-state index in [1.165, 1.54) is 32.1 Å². The van der Waals surface area contributed by atoms with Gasteiger partial charge >= 0.3 is 5.97 Å². The van der Waals surface area contributed by atoms with Crippen LogP contribution in [0.2, 0.25) is 0 Å². The Balaban J connectivity index is 1.81. The first kappa shape index (κ1) is 16.3. The maximum Gasteiger partial charge on any atom is 0.308 e. The molecule has 1 saturated heterocycles. The molecule has 2 atom stereocenters. The molecule has 1 N–H and O–H groups in total. The van der Waals surface area contributed by atoms with Crippen molar-refractivity contribution in [3.63, 3.8) is 0 Å². The Morgan fingerprint density at radius 1 is 1.14 bits per heavy atom. The van der Waals surface area contributed by atoms with Crippen LogP contribution in [0.25, 0.3) is 0 Å². The zero-order chi connectivity index (χ0) is 15.4. The summed E-state index contributed by atoms with van der Waals surface area (Å²) in [5, 5.41) is 9.17. The highest BCUT2D eigenvalue weighted by atomic mass is 16.4. The molecule has 1 aliphatic heterocycles. The van der Waals surface area contributed by atoms with Crippen molar-refractivity contribution in [3.8, 4) is 0 Å². The monoisotopic (exact) mass is 295 g/mol. The van der Waals surface area contributed by atoms with Gasteiger partial charge in [0.05, 0.1) is 5.92 Å². The molecule has 1 aliphatic carbocycles. The SMILES string of the molecule is CCCCC1CCC(C(=O)N2CC(C)C(C(=O)O)C2)CC1. The third kappa shape index (κ3) is 3.98. The van der Waals surface area contributed by atoms with Crippen LogP contribution >= 0.6 is 0 Å². The molecule has 0 radical (unpaired) electrons. The molecule has 0 aromatic rings. The average molecular weight is 295 g/mol. The fraction of sp³-hybridized carbons (Fsp3) is 0.882. The summed E-state index contributed by atoms with van der Waals surface area (Å²) in [7, 11) is 0. The number of unbranched alkanes of at least 4 members (excludes halogenated alkanes) is 1. The van der Waals surface area contributed by atoms with E-state index in [4.69, 9.17) is 0 Å². The van der Waals surface area contributed by atoms with Gasteiger partial charge in [-0.1, -0.05) is 33.1 Å². The number of carboxylic acid groups (broad SMARTS) is 1. The zero-order valence-corrected chi connectivity index (χ0v) is 13.4. The first-order valence-corrected chi connectivity index (χ1v) is 8.54. The van der Waals surface area contributed by atoms with Crippen molar-refractivity contribution >= 4 is 11.9 Å². The predicted molar refractivity (Wildman–Crippen MR) is 81.8 cm³/mol. The molecule has 2 aliphatic rings. The topological polar surface area (TPSA) is 57.6 Å². The second-order valence-corrected chi connectivity index (χ2v) is 7.03. The third-order valence-electron chi connectivity index (χ3n) is 5.40. The standard InChI is InChI=1S/C17H29NO3/c1-3-4-5-13-6-8-14(9-7-13)16(19)18-10-12(2)15(11-18)17(20)21/h12-15H,3-11H2,1-2H3,(H,20,21).